The second kappa shape index (κ2) is 7.08. The Morgan fingerprint density at radius 2 is 2.24 bits per heavy atom. The highest BCUT2D eigenvalue weighted by molar-refractivity contribution is 7.07. The topological polar surface area (TPSA) is 64.4 Å². The molecule has 0 spiro atoms. The van der Waals surface area contributed by atoms with E-state index in [4.69, 9.17) is 4.74 Å². The number of benzene rings is 1. The minimum absolute atomic E-state index is 0.0335. The van der Waals surface area contributed by atoms with Gasteiger partial charge in [-0.05, 0) is 42.7 Å². The summed E-state index contributed by atoms with van der Waals surface area (Å²) >= 11 is 1.67. The second-order valence-electron chi connectivity index (χ2n) is 4.79. The van der Waals surface area contributed by atoms with Crippen LogP contribution in [-0.4, -0.2) is 17.6 Å². The van der Waals surface area contributed by atoms with Crippen molar-refractivity contribution in [1.82, 2.24) is 0 Å². The van der Waals surface area contributed by atoms with E-state index in [0.29, 0.717) is 18.0 Å². The van der Waals surface area contributed by atoms with E-state index in [1.807, 2.05) is 12.3 Å². The van der Waals surface area contributed by atoms with Crippen molar-refractivity contribution in [1.29, 1.82) is 0 Å². The van der Waals surface area contributed by atoms with Crippen LogP contribution in [-0.2, 0) is 6.42 Å². The smallest absolute Gasteiger partial charge is 0.275 e. The van der Waals surface area contributed by atoms with Crippen molar-refractivity contribution < 1.29 is 9.66 Å². The van der Waals surface area contributed by atoms with Crippen molar-refractivity contribution in [3.63, 3.8) is 0 Å². The number of nitro groups is 1. The van der Waals surface area contributed by atoms with Crippen molar-refractivity contribution in [3.8, 4) is 5.75 Å². The molecule has 21 heavy (non-hydrogen) atoms. The third-order valence-electron chi connectivity index (χ3n) is 2.95. The highest BCUT2D eigenvalue weighted by atomic mass is 32.1. The van der Waals surface area contributed by atoms with Crippen LogP contribution in [0.4, 0.5) is 11.4 Å². The summed E-state index contributed by atoms with van der Waals surface area (Å²) in [5, 5.41) is 18.4. The Labute approximate surface area is 127 Å². The van der Waals surface area contributed by atoms with E-state index in [0.717, 1.165) is 6.42 Å². The predicted molar refractivity (Wildman–Crippen MR) is 85.4 cm³/mol. The maximum absolute atomic E-state index is 11.0. The number of nitro benzene ring substituents is 1. The molecule has 5 nitrogen and oxygen atoms in total. The molecule has 0 radical (unpaired) electrons. The summed E-state index contributed by atoms with van der Waals surface area (Å²) in [6, 6.07) is 7.03. The molecule has 0 bridgehead atoms. The number of nitrogens with zero attached hydrogens (tertiary/aromatic N) is 1. The van der Waals surface area contributed by atoms with Crippen molar-refractivity contribution >= 4 is 22.7 Å². The molecule has 112 valence electrons. The van der Waals surface area contributed by atoms with Gasteiger partial charge in [0.05, 0.1) is 17.6 Å². The summed E-state index contributed by atoms with van der Waals surface area (Å²) in [4.78, 5) is 10.6. The molecule has 0 amide bonds. The third kappa shape index (κ3) is 4.46. The number of nitrogens with one attached hydrogen (secondary N) is 1. The first kappa shape index (κ1) is 15.3. The maximum Gasteiger partial charge on any atom is 0.275 e. The van der Waals surface area contributed by atoms with E-state index in [2.05, 4.69) is 23.7 Å². The van der Waals surface area contributed by atoms with Gasteiger partial charge in [0.2, 0.25) is 0 Å². The van der Waals surface area contributed by atoms with Crippen LogP contribution in [0, 0.1) is 10.1 Å². The van der Waals surface area contributed by atoms with E-state index in [1.165, 1.54) is 17.7 Å². The summed E-state index contributed by atoms with van der Waals surface area (Å²) in [5.41, 5.74) is 2.00. The Balaban J connectivity index is 2.12. The molecule has 1 N–H and O–H groups in total. The lowest BCUT2D eigenvalue weighted by Crippen LogP contribution is -2.17. The van der Waals surface area contributed by atoms with Gasteiger partial charge in [-0.2, -0.15) is 11.3 Å². The van der Waals surface area contributed by atoms with Gasteiger partial charge in [-0.15, -0.1) is 0 Å². The average molecular weight is 306 g/mol. The molecule has 6 heteroatoms. The van der Waals surface area contributed by atoms with Crippen molar-refractivity contribution in [2.75, 3.05) is 11.9 Å². The van der Waals surface area contributed by atoms with Gasteiger partial charge >= 0.3 is 0 Å². The van der Waals surface area contributed by atoms with Gasteiger partial charge in [0.25, 0.3) is 5.69 Å². The van der Waals surface area contributed by atoms with Crippen molar-refractivity contribution in [3.05, 3.63) is 50.7 Å². The molecule has 1 heterocycles. The van der Waals surface area contributed by atoms with Gasteiger partial charge in [-0.3, -0.25) is 10.1 Å². The number of anilines is 1. The van der Waals surface area contributed by atoms with Crippen molar-refractivity contribution in [2.45, 2.75) is 26.3 Å². The number of non-ortho nitro benzene ring substituents is 1. The second-order valence-corrected chi connectivity index (χ2v) is 5.57. The predicted octanol–water partition coefficient (Wildman–Crippen LogP) is 4.10. The van der Waals surface area contributed by atoms with Crippen LogP contribution in [0.15, 0.2) is 35.0 Å². The zero-order valence-corrected chi connectivity index (χ0v) is 12.9. The molecular formula is C15H18N2O3S. The highest BCUT2D eigenvalue weighted by Gasteiger charge is 2.12. The quantitative estimate of drug-likeness (QED) is 0.618. The first-order chi connectivity index (χ1) is 10.1. The summed E-state index contributed by atoms with van der Waals surface area (Å²) in [6.45, 7) is 4.38. The Hall–Kier alpha value is -2.08. The Morgan fingerprint density at radius 3 is 2.86 bits per heavy atom. The van der Waals surface area contributed by atoms with E-state index in [-0.39, 0.29) is 11.7 Å². The summed E-state index contributed by atoms with van der Waals surface area (Å²) in [7, 11) is 0. The van der Waals surface area contributed by atoms with Crippen LogP contribution in [0.1, 0.15) is 19.4 Å². The molecule has 1 aromatic heterocycles. The van der Waals surface area contributed by atoms with Gasteiger partial charge in [-0.25, -0.2) is 0 Å². The maximum atomic E-state index is 11.0. The zero-order chi connectivity index (χ0) is 15.2. The molecular weight excluding hydrogens is 288 g/mol. The van der Waals surface area contributed by atoms with Crippen LogP contribution < -0.4 is 10.1 Å². The molecule has 2 rings (SSSR count). The standard InChI is InChI=1S/C15H18N2O3S/c1-3-20-15-8-13(7-14(9-15)17(18)19)16-11(2)6-12-4-5-21-10-12/h4-5,7-11,16H,3,6H2,1-2H3. The minimum Gasteiger partial charge on any atom is -0.494 e. The average Bonchev–Trinajstić information content (AvgIpc) is 2.91. The van der Waals surface area contributed by atoms with Gasteiger partial charge < -0.3 is 10.1 Å². The summed E-state index contributed by atoms with van der Waals surface area (Å²) < 4.78 is 5.38. The number of rotatable bonds is 7. The first-order valence-electron chi connectivity index (χ1n) is 6.78. The zero-order valence-electron chi connectivity index (χ0n) is 12.0. The first-order valence-corrected chi connectivity index (χ1v) is 7.72. The minimum atomic E-state index is -0.406. The molecule has 0 saturated carbocycles. The molecule has 0 aliphatic heterocycles. The van der Waals surface area contributed by atoms with Gasteiger partial charge in [0.1, 0.15) is 5.75 Å². The Kier molecular flexibility index (Phi) is 5.16. The molecule has 2 aromatic rings. The number of hydrogen-bond acceptors (Lipinski definition) is 5. The lowest BCUT2D eigenvalue weighted by atomic mass is 10.1. The van der Waals surface area contributed by atoms with E-state index in [1.54, 1.807) is 17.4 Å². The number of ether oxygens (including phenoxy) is 1. The molecule has 1 atom stereocenters. The van der Waals surface area contributed by atoms with Crippen LogP contribution in [0.25, 0.3) is 0 Å². The molecule has 0 aliphatic rings. The Bertz CT molecular complexity index is 599. The van der Waals surface area contributed by atoms with E-state index >= 15 is 0 Å². The lowest BCUT2D eigenvalue weighted by molar-refractivity contribution is -0.384. The fourth-order valence-electron chi connectivity index (χ4n) is 2.12. The largest absolute Gasteiger partial charge is 0.494 e. The number of thiophene rings is 1. The van der Waals surface area contributed by atoms with E-state index in [9.17, 15) is 10.1 Å². The van der Waals surface area contributed by atoms with Crippen LogP contribution in [0.2, 0.25) is 0 Å². The third-order valence-corrected chi connectivity index (χ3v) is 3.68. The van der Waals surface area contributed by atoms with Crippen LogP contribution >= 0.6 is 11.3 Å². The SMILES string of the molecule is CCOc1cc(NC(C)Cc2ccsc2)cc([N+](=O)[O-])c1. The fraction of sp³-hybridized carbons (Fsp3) is 0.333. The summed E-state index contributed by atoms with van der Waals surface area (Å²) in [6.07, 6.45) is 0.871. The van der Waals surface area contributed by atoms with E-state index < -0.39 is 4.92 Å². The Morgan fingerprint density at radius 1 is 1.43 bits per heavy atom. The molecule has 0 aliphatic carbocycles. The van der Waals surface area contributed by atoms with Crippen molar-refractivity contribution in [2.24, 2.45) is 0 Å². The monoisotopic (exact) mass is 306 g/mol. The van der Waals surface area contributed by atoms with Crippen LogP contribution in [0.3, 0.4) is 0 Å². The summed E-state index contributed by atoms with van der Waals surface area (Å²) in [5.74, 6) is 0.511. The van der Waals surface area contributed by atoms with Gasteiger partial charge in [0.15, 0.2) is 0 Å². The molecule has 0 fully saturated rings. The molecule has 1 aromatic carbocycles. The normalized spacial score (nSPS) is 11.9. The number of hydrogen-bond donors (Lipinski definition) is 1. The molecule has 0 saturated heterocycles. The fourth-order valence-corrected chi connectivity index (χ4v) is 2.80. The molecule has 1 unspecified atom stereocenters. The van der Waals surface area contributed by atoms with Crippen LogP contribution in [0.5, 0.6) is 5.75 Å². The highest BCUT2D eigenvalue weighted by Crippen LogP contribution is 2.27. The van der Waals surface area contributed by atoms with Gasteiger partial charge in [-0.1, -0.05) is 0 Å². The van der Waals surface area contributed by atoms with Gasteiger partial charge in [0, 0.05) is 23.9 Å². The lowest BCUT2D eigenvalue weighted by Gasteiger charge is -2.15.